The maximum Gasteiger partial charge on any atom is 0.258 e. The van der Waals surface area contributed by atoms with Gasteiger partial charge in [0, 0.05) is 37.7 Å². The quantitative estimate of drug-likeness (QED) is 0.791. The number of carbonyl (C=O) groups is 2. The van der Waals surface area contributed by atoms with Gasteiger partial charge < -0.3 is 14.3 Å². The van der Waals surface area contributed by atoms with Crippen molar-refractivity contribution in [3.63, 3.8) is 0 Å². The van der Waals surface area contributed by atoms with E-state index in [0.717, 1.165) is 11.1 Å². The van der Waals surface area contributed by atoms with Gasteiger partial charge in [0.1, 0.15) is 0 Å². The molecule has 156 valence electrons. The Bertz CT molecular complexity index is 884. The number of nitrogens with zero attached hydrogens (tertiary/aromatic N) is 4. The molecule has 0 radical (unpaired) electrons. The van der Waals surface area contributed by atoms with Gasteiger partial charge in [0.25, 0.3) is 5.89 Å². The van der Waals surface area contributed by atoms with Crippen LogP contribution >= 0.6 is 0 Å². The van der Waals surface area contributed by atoms with Crippen molar-refractivity contribution in [2.24, 2.45) is 5.41 Å². The zero-order valence-corrected chi connectivity index (χ0v) is 17.9. The molecule has 1 aliphatic heterocycles. The van der Waals surface area contributed by atoms with Crippen LogP contribution in [0.3, 0.4) is 0 Å². The summed E-state index contributed by atoms with van der Waals surface area (Å²) in [6.45, 7) is 11.8. The number of amides is 2. The lowest BCUT2D eigenvalue weighted by Crippen LogP contribution is -2.56. The predicted molar refractivity (Wildman–Crippen MR) is 110 cm³/mol. The fourth-order valence-corrected chi connectivity index (χ4v) is 3.60. The molecule has 0 bridgehead atoms. The molecule has 1 fully saturated rings. The van der Waals surface area contributed by atoms with Gasteiger partial charge in [-0.25, -0.2) is 0 Å². The first-order valence-corrected chi connectivity index (χ1v) is 10.1. The van der Waals surface area contributed by atoms with E-state index in [1.807, 2.05) is 43.0 Å². The van der Waals surface area contributed by atoms with Crippen molar-refractivity contribution in [3.8, 4) is 11.5 Å². The highest BCUT2D eigenvalue weighted by Gasteiger charge is 2.31. The predicted octanol–water partition coefficient (Wildman–Crippen LogP) is 3.08. The van der Waals surface area contributed by atoms with Crippen molar-refractivity contribution in [1.82, 2.24) is 19.9 Å². The second-order valence-corrected chi connectivity index (χ2v) is 9.02. The Hall–Kier alpha value is -2.70. The number of hydrogen-bond acceptors (Lipinski definition) is 5. The normalized spacial score (nSPS) is 17.5. The van der Waals surface area contributed by atoms with E-state index in [1.165, 1.54) is 0 Å². The molecule has 1 atom stereocenters. The summed E-state index contributed by atoms with van der Waals surface area (Å²) >= 11 is 0. The van der Waals surface area contributed by atoms with Gasteiger partial charge in [0.2, 0.25) is 11.8 Å². The van der Waals surface area contributed by atoms with E-state index >= 15 is 0 Å². The minimum Gasteiger partial charge on any atom is -0.338 e. The van der Waals surface area contributed by atoms with Crippen molar-refractivity contribution in [2.75, 3.05) is 19.6 Å². The van der Waals surface area contributed by atoms with Crippen LogP contribution in [0.5, 0.6) is 0 Å². The van der Waals surface area contributed by atoms with Crippen molar-refractivity contribution in [3.05, 3.63) is 35.7 Å². The van der Waals surface area contributed by atoms with Crippen LogP contribution in [0.2, 0.25) is 0 Å². The van der Waals surface area contributed by atoms with E-state index in [1.54, 1.807) is 4.90 Å². The van der Waals surface area contributed by atoms with Crippen LogP contribution in [0.1, 0.15) is 45.5 Å². The van der Waals surface area contributed by atoms with Gasteiger partial charge in [0.15, 0.2) is 5.82 Å². The standard InChI is InChI=1S/C22H30N4O3/c1-15-8-6-7-9-17(15)21-23-18(24-29-21)12-19(27)25-10-11-26(16(2)14-25)20(28)13-22(3,4)5/h6-9,16H,10-14H2,1-5H3/t16-/m1/s1. The number of aromatic nitrogens is 2. The number of rotatable bonds is 4. The molecule has 2 heterocycles. The maximum atomic E-state index is 12.7. The summed E-state index contributed by atoms with van der Waals surface area (Å²) in [5, 5.41) is 3.97. The summed E-state index contributed by atoms with van der Waals surface area (Å²) < 4.78 is 5.35. The summed E-state index contributed by atoms with van der Waals surface area (Å²) in [5.41, 5.74) is 1.87. The van der Waals surface area contributed by atoms with Crippen LogP contribution in [-0.4, -0.2) is 57.4 Å². The molecule has 0 unspecified atom stereocenters. The van der Waals surface area contributed by atoms with Crippen LogP contribution in [0, 0.1) is 12.3 Å². The zero-order chi connectivity index (χ0) is 21.2. The lowest BCUT2D eigenvalue weighted by Gasteiger charge is -2.40. The van der Waals surface area contributed by atoms with Gasteiger partial charge in [-0.3, -0.25) is 9.59 Å². The second kappa shape index (κ2) is 8.35. The molecule has 2 amide bonds. The third-order valence-electron chi connectivity index (χ3n) is 5.14. The Morgan fingerprint density at radius 1 is 1.17 bits per heavy atom. The molecule has 2 aromatic rings. The van der Waals surface area contributed by atoms with Gasteiger partial charge in [-0.2, -0.15) is 4.98 Å². The van der Waals surface area contributed by atoms with Gasteiger partial charge in [-0.05, 0) is 30.9 Å². The molecule has 0 saturated carbocycles. The third-order valence-corrected chi connectivity index (χ3v) is 5.14. The number of benzene rings is 1. The highest BCUT2D eigenvalue weighted by Crippen LogP contribution is 2.23. The van der Waals surface area contributed by atoms with Crippen LogP contribution in [0.15, 0.2) is 28.8 Å². The first kappa shape index (κ1) is 21.0. The van der Waals surface area contributed by atoms with E-state index < -0.39 is 0 Å². The molecule has 1 aromatic heterocycles. The Labute approximate surface area is 172 Å². The molecule has 0 N–H and O–H groups in total. The summed E-state index contributed by atoms with van der Waals surface area (Å²) in [6.07, 6.45) is 0.605. The molecule has 1 saturated heterocycles. The van der Waals surface area contributed by atoms with Crippen LogP contribution in [0.4, 0.5) is 0 Å². The number of piperazine rings is 1. The van der Waals surface area contributed by atoms with Crippen molar-refractivity contribution in [2.45, 2.75) is 53.5 Å². The van der Waals surface area contributed by atoms with Crippen molar-refractivity contribution in [1.29, 1.82) is 0 Å². The van der Waals surface area contributed by atoms with E-state index in [-0.39, 0.29) is 29.7 Å². The largest absolute Gasteiger partial charge is 0.338 e. The molecule has 29 heavy (non-hydrogen) atoms. The average Bonchev–Trinajstić information content (AvgIpc) is 3.08. The summed E-state index contributed by atoms with van der Waals surface area (Å²) in [5.74, 6) is 0.916. The molecule has 0 aliphatic carbocycles. The van der Waals surface area contributed by atoms with Gasteiger partial charge >= 0.3 is 0 Å². The van der Waals surface area contributed by atoms with Crippen molar-refractivity contribution >= 4 is 11.8 Å². The summed E-state index contributed by atoms with van der Waals surface area (Å²) in [7, 11) is 0. The molecule has 1 aliphatic rings. The molecule has 1 aromatic carbocycles. The molecular weight excluding hydrogens is 368 g/mol. The van der Waals surface area contributed by atoms with Crippen LogP contribution in [-0.2, 0) is 16.0 Å². The number of aryl methyl sites for hydroxylation is 1. The molecule has 7 nitrogen and oxygen atoms in total. The smallest absolute Gasteiger partial charge is 0.258 e. The zero-order valence-electron chi connectivity index (χ0n) is 17.9. The molecule has 3 rings (SSSR count). The van der Waals surface area contributed by atoms with E-state index in [9.17, 15) is 9.59 Å². The minimum absolute atomic E-state index is 0.00431. The van der Waals surface area contributed by atoms with Gasteiger partial charge in [-0.1, -0.05) is 44.1 Å². The topological polar surface area (TPSA) is 79.5 Å². The van der Waals surface area contributed by atoms with Crippen LogP contribution < -0.4 is 0 Å². The lowest BCUT2D eigenvalue weighted by molar-refractivity contribution is -0.143. The average molecular weight is 399 g/mol. The summed E-state index contributed by atoms with van der Waals surface area (Å²) in [4.78, 5) is 33.3. The Morgan fingerprint density at radius 3 is 2.55 bits per heavy atom. The van der Waals surface area contributed by atoms with E-state index in [0.29, 0.717) is 37.8 Å². The van der Waals surface area contributed by atoms with E-state index in [2.05, 4.69) is 30.9 Å². The second-order valence-electron chi connectivity index (χ2n) is 9.02. The molecule has 7 heteroatoms. The SMILES string of the molecule is Cc1ccccc1-c1nc(CC(=O)N2CCN(C(=O)CC(C)(C)C)[C@H](C)C2)no1. The summed E-state index contributed by atoms with van der Waals surface area (Å²) in [6, 6.07) is 7.76. The Balaban J connectivity index is 1.59. The third kappa shape index (κ3) is 5.22. The monoisotopic (exact) mass is 398 g/mol. The Kier molecular flexibility index (Phi) is 6.05. The highest BCUT2D eigenvalue weighted by molar-refractivity contribution is 5.80. The highest BCUT2D eigenvalue weighted by atomic mass is 16.5. The minimum atomic E-state index is -0.0445. The number of carbonyl (C=O) groups excluding carboxylic acids is 2. The molecular formula is C22H30N4O3. The van der Waals surface area contributed by atoms with Crippen LogP contribution in [0.25, 0.3) is 11.5 Å². The fraction of sp³-hybridized carbons (Fsp3) is 0.545. The lowest BCUT2D eigenvalue weighted by atomic mass is 9.91. The fourth-order valence-electron chi connectivity index (χ4n) is 3.60. The Morgan fingerprint density at radius 2 is 1.90 bits per heavy atom. The number of hydrogen-bond donors (Lipinski definition) is 0. The van der Waals surface area contributed by atoms with E-state index in [4.69, 9.17) is 4.52 Å². The van der Waals surface area contributed by atoms with Gasteiger partial charge in [-0.15, -0.1) is 0 Å². The van der Waals surface area contributed by atoms with Gasteiger partial charge in [0.05, 0.1) is 6.42 Å². The maximum absolute atomic E-state index is 12.7. The van der Waals surface area contributed by atoms with Crippen molar-refractivity contribution < 1.29 is 14.1 Å². The molecule has 0 spiro atoms. The first-order chi connectivity index (χ1) is 13.6. The first-order valence-electron chi connectivity index (χ1n) is 10.1.